The number of amides is 1. The van der Waals surface area contributed by atoms with E-state index in [-0.39, 0.29) is 11.9 Å². The second-order valence-electron chi connectivity index (χ2n) is 5.44. The standard InChI is InChI=1S/C14H19BrN2O2/c1-14(2,19)13(18)16-11-7-8-17(9-11)12-5-3-10(15)4-6-12/h3-6,11,19H,7-9H2,1-2H3,(H,16,18)/t11-/m1/s1. The molecule has 104 valence electrons. The first-order chi connectivity index (χ1) is 8.86. The van der Waals surface area contributed by atoms with E-state index in [0.717, 1.165) is 29.7 Å². The minimum Gasteiger partial charge on any atom is -0.381 e. The molecule has 1 fully saturated rings. The minimum atomic E-state index is -1.31. The second kappa shape index (κ2) is 5.51. The van der Waals surface area contributed by atoms with Gasteiger partial charge in [-0.1, -0.05) is 15.9 Å². The lowest BCUT2D eigenvalue weighted by Crippen LogP contribution is -2.47. The Balaban J connectivity index is 1.93. The number of nitrogens with one attached hydrogen (secondary N) is 1. The number of carbonyl (C=O) groups is 1. The van der Waals surface area contributed by atoms with Gasteiger partial charge in [0.15, 0.2) is 0 Å². The molecule has 1 atom stereocenters. The van der Waals surface area contributed by atoms with Gasteiger partial charge in [0, 0.05) is 29.3 Å². The summed E-state index contributed by atoms with van der Waals surface area (Å²) >= 11 is 3.42. The van der Waals surface area contributed by atoms with Crippen LogP contribution in [-0.4, -0.2) is 35.7 Å². The lowest BCUT2D eigenvalue weighted by atomic mass is 10.1. The number of hydrogen-bond donors (Lipinski definition) is 2. The van der Waals surface area contributed by atoms with E-state index < -0.39 is 5.60 Å². The van der Waals surface area contributed by atoms with Crippen molar-refractivity contribution in [3.05, 3.63) is 28.7 Å². The lowest BCUT2D eigenvalue weighted by Gasteiger charge is -2.22. The molecule has 0 saturated carbocycles. The first-order valence-electron chi connectivity index (χ1n) is 6.40. The summed E-state index contributed by atoms with van der Waals surface area (Å²) in [6, 6.07) is 8.24. The third kappa shape index (κ3) is 3.70. The van der Waals surface area contributed by atoms with Gasteiger partial charge in [-0.2, -0.15) is 0 Å². The molecule has 5 heteroatoms. The Labute approximate surface area is 121 Å². The summed E-state index contributed by atoms with van der Waals surface area (Å²) < 4.78 is 1.06. The van der Waals surface area contributed by atoms with Gasteiger partial charge in [-0.25, -0.2) is 0 Å². The topological polar surface area (TPSA) is 52.6 Å². The highest BCUT2D eigenvalue weighted by Gasteiger charge is 2.29. The van der Waals surface area contributed by atoms with Crippen molar-refractivity contribution in [3.8, 4) is 0 Å². The third-order valence-electron chi connectivity index (χ3n) is 3.27. The maximum absolute atomic E-state index is 11.7. The Morgan fingerprint density at radius 1 is 1.42 bits per heavy atom. The molecule has 0 radical (unpaired) electrons. The van der Waals surface area contributed by atoms with Crippen LogP contribution in [0.3, 0.4) is 0 Å². The van der Waals surface area contributed by atoms with Gasteiger partial charge in [0.05, 0.1) is 0 Å². The number of anilines is 1. The zero-order valence-corrected chi connectivity index (χ0v) is 12.8. The molecular weight excluding hydrogens is 308 g/mol. The maximum atomic E-state index is 11.7. The quantitative estimate of drug-likeness (QED) is 0.892. The Hall–Kier alpha value is -1.07. The summed E-state index contributed by atoms with van der Waals surface area (Å²) in [6.45, 7) is 4.70. The molecule has 1 heterocycles. The highest BCUT2D eigenvalue weighted by atomic mass is 79.9. The first-order valence-corrected chi connectivity index (χ1v) is 7.19. The predicted molar refractivity (Wildman–Crippen MR) is 79.2 cm³/mol. The van der Waals surface area contributed by atoms with Crippen molar-refractivity contribution in [2.45, 2.75) is 31.9 Å². The van der Waals surface area contributed by atoms with E-state index in [1.165, 1.54) is 13.8 Å². The van der Waals surface area contributed by atoms with E-state index in [0.29, 0.717) is 0 Å². The van der Waals surface area contributed by atoms with Gasteiger partial charge < -0.3 is 15.3 Å². The third-order valence-corrected chi connectivity index (χ3v) is 3.80. The van der Waals surface area contributed by atoms with Crippen molar-refractivity contribution in [2.75, 3.05) is 18.0 Å². The molecule has 0 aromatic heterocycles. The van der Waals surface area contributed by atoms with E-state index in [1.807, 2.05) is 12.1 Å². The lowest BCUT2D eigenvalue weighted by molar-refractivity contribution is -0.137. The first kappa shape index (κ1) is 14.3. The minimum absolute atomic E-state index is 0.0996. The van der Waals surface area contributed by atoms with Gasteiger partial charge in [-0.05, 0) is 44.5 Å². The number of nitrogens with zero attached hydrogens (tertiary/aromatic N) is 1. The summed E-state index contributed by atoms with van der Waals surface area (Å²) in [5.41, 5.74) is -0.159. The average Bonchev–Trinajstić information content (AvgIpc) is 2.77. The van der Waals surface area contributed by atoms with Crippen LogP contribution in [0, 0.1) is 0 Å². The van der Waals surface area contributed by atoms with Crippen LogP contribution < -0.4 is 10.2 Å². The molecule has 0 aliphatic carbocycles. The van der Waals surface area contributed by atoms with Crippen molar-refractivity contribution in [1.82, 2.24) is 5.32 Å². The van der Waals surface area contributed by atoms with Gasteiger partial charge >= 0.3 is 0 Å². The van der Waals surface area contributed by atoms with Gasteiger partial charge in [-0.15, -0.1) is 0 Å². The maximum Gasteiger partial charge on any atom is 0.251 e. The van der Waals surface area contributed by atoms with E-state index >= 15 is 0 Å². The molecule has 1 aliphatic heterocycles. The number of hydrogen-bond acceptors (Lipinski definition) is 3. The summed E-state index contributed by atoms with van der Waals surface area (Å²) in [6.07, 6.45) is 0.901. The average molecular weight is 327 g/mol. The number of rotatable bonds is 3. The van der Waals surface area contributed by atoms with Crippen LogP contribution in [0.15, 0.2) is 28.7 Å². The zero-order valence-electron chi connectivity index (χ0n) is 11.2. The van der Waals surface area contributed by atoms with Crippen LogP contribution in [0.25, 0.3) is 0 Å². The molecule has 0 bridgehead atoms. The fraction of sp³-hybridized carbons (Fsp3) is 0.500. The monoisotopic (exact) mass is 326 g/mol. The molecule has 19 heavy (non-hydrogen) atoms. The van der Waals surface area contributed by atoms with Crippen molar-refractivity contribution in [1.29, 1.82) is 0 Å². The molecule has 2 N–H and O–H groups in total. The van der Waals surface area contributed by atoms with E-state index in [4.69, 9.17) is 0 Å². The molecular formula is C14H19BrN2O2. The van der Waals surface area contributed by atoms with Crippen LogP contribution in [0.4, 0.5) is 5.69 Å². The Morgan fingerprint density at radius 2 is 2.05 bits per heavy atom. The fourth-order valence-corrected chi connectivity index (χ4v) is 2.39. The molecule has 1 aromatic rings. The highest BCUT2D eigenvalue weighted by molar-refractivity contribution is 9.10. The van der Waals surface area contributed by atoms with Crippen molar-refractivity contribution in [3.63, 3.8) is 0 Å². The molecule has 1 amide bonds. The predicted octanol–water partition coefficient (Wildman–Crippen LogP) is 1.91. The van der Waals surface area contributed by atoms with E-state index in [1.54, 1.807) is 0 Å². The van der Waals surface area contributed by atoms with Crippen molar-refractivity contribution < 1.29 is 9.90 Å². The molecule has 0 spiro atoms. The molecule has 1 aliphatic rings. The molecule has 0 unspecified atom stereocenters. The fourth-order valence-electron chi connectivity index (χ4n) is 2.13. The Morgan fingerprint density at radius 3 is 2.63 bits per heavy atom. The van der Waals surface area contributed by atoms with Crippen molar-refractivity contribution in [2.24, 2.45) is 0 Å². The van der Waals surface area contributed by atoms with E-state index in [9.17, 15) is 9.90 Å². The van der Waals surface area contributed by atoms with Gasteiger partial charge in [0.1, 0.15) is 5.60 Å². The Kier molecular flexibility index (Phi) is 4.16. The van der Waals surface area contributed by atoms with Crippen LogP contribution in [0.5, 0.6) is 0 Å². The Bertz CT molecular complexity index is 454. The molecule has 4 nitrogen and oxygen atoms in total. The normalized spacial score (nSPS) is 19.6. The van der Waals surface area contributed by atoms with Gasteiger partial charge in [0.2, 0.25) is 0 Å². The molecule has 1 saturated heterocycles. The van der Waals surface area contributed by atoms with Gasteiger partial charge in [0.25, 0.3) is 5.91 Å². The second-order valence-corrected chi connectivity index (χ2v) is 6.36. The van der Waals surface area contributed by atoms with Gasteiger partial charge in [-0.3, -0.25) is 4.79 Å². The van der Waals surface area contributed by atoms with Crippen LogP contribution in [0.1, 0.15) is 20.3 Å². The van der Waals surface area contributed by atoms with Crippen LogP contribution in [0.2, 0.25) is 0 Å². The SMILES string of the molecule is CC(C)(O)C(=O)N[C@@H]1CCN(c2ccc(Br)cc2)C1. The molecule has 1 aromatic carbocycles. The summed E-state index contributed by atoms with van der Waals surface area (Å²) in [5.74, 6) is -0.310. The zero-order chi connectivity index (χ0) is 14.0. The molecule has 2 rings (SSSR count). The summed E-state index contributed by atoms with van der Waals surface area (Å²) in [5, 5.41) is 12.5. The number of aliphatic hydroxyl groups is 1. The summed E-state index contributed by atoms with van der Waals surface area (Å²) in [4.78, 5) is 14.0. The van der Waals surface area contributed by atoms with Crippen LogP contribution >= 0.6 is 15.9 Å². The van der Waals surface area contributed by atoms with Crippen molar-refractivity contribution >= 4 is 27.5 Å². The highest BCUT2D eigenvalue weighted by Crippen LogP contribution is 2.22. The number of halogens is 1. The number of benzene rings is 1. The summed E-state index contributed by atoms with van der Waals surface area (Å²) in [7, 11) is 0. The van der Waals surface area contributed by atoms with E-state index in [2.05, 4.69) is 38.3 Å². The number of carbonyl (C=O) groups excluding carboxylic acids is 1. The largest absolute Gasteiger partial charge is 0.381 e. The van der Waals surface area contributed by atoms with Crippen LogP contribution in [-0.2, 0) is 4.79 Å². The smallest absolute Gasteiger partial charge is 0.251 e.